The van der Waals surface area contributed by atoms with Gasteiger partial charge in [0.1, 0.15) is 6.04 Å². The molecule has 0 bridgehead atoms. The number of Topliss-reactive ketones (excluding diaryl/α,β-unsaturated/α-hetero) is 1. The third-order valence-corrected chi connectivity index (χ3v) is 2.94. The highest BCUT2D eigenvalue weighted by atomic mass is 16.4. The Hall–Kier alpha value is -1.68. The molecule has 0 aromatic heterocycles. The number of fused-ring (bicyclic) bond motifs is 1. The molecule has 1 aromatic carbocycles. The third kappa shape index (κ3) is 3.67. The number of carbonyl (C=O) groups excluding carboxylic acids is 1. The van der Waals surface area contributed by atoms with Crippen molar-refractivity contribution in [3.63, 3.8) is 0 Å². The lowest BCUT2D eigenvalue weighted by Crippen LogP contribution is -2.34. The number of benzene rings is 1. The van der Waals surface area contributed by atoms with Gasteiger partial charge in [-0.05, 0) is 17.9 Å². The van der Waals surface area contributed by atoms with Crippen molar-refractivity contribution in [2.24, 2.45) is 11.7 Å². The smallest absolute Gasteiger partial charge is 0.320 e. The molecule has 1 aromatic rings. The summed E-state index contributed by atoms with van der Waals surface area (Å²) in [6, 6.07) is 7.12. The maximum atomic E-state index is 11.1. The van der Waals surface area contributed by atoms with E-state index in [0.29, 0.717) is 12.2 Å². The van der Waals surface area contributed by atoms with Gasteiger partial charge in [0.25, 0.3) is 0 Å². The summed E-state index contributed by atoms with van der Waals surface area (Å²) in [6.45, 7) is 3.55. The Kier molecular flexibility index (Phi) is 5.04. The molecule has 1 aliphatic rings. The summed E-state index contributed by atoms with van der Waals surface area (Å²) in [6.07, 6.45) is 1.65. The number of aryl methyl sites for hydroxylation is 1. The van der Waals surface area contributed by atoms with Crippen LogP contribution in [0.3, 0.4) is 0 Å². The van der Waals surface area contributed by atoms with E-state index >= 15 is 0 Å². The molecule has 0 saturated heterocycles. The lowest BCUT2D eigenvalue weighted by molar-refractivity contribution is -0.139. The number of hydrogen-bond donors (Lipinski definition) is 2. The van der Waals surface area contributed by atoms with Crippen LogP contribution >= 0.6 is 0 Å². The maximum Gasteiger partial charge on any atom is 0.320 e. The Balaban J connectivity index is 0.000000187. The summed E-state index contributed by atoms with van der Waals surface area (Å²) in [7, 11) is 0. The van der Waals surface area contributed by atoms with Crippen molar-refractivity contribution < 1.29 is 14.7 Å². The van der Waals surface area contributed by atoms with E-state index < -0.39 is 12.0 Å². The summed E-state index contributed by atoms with van der Waals surface area (Å²) < 4.78 is 0. The van der Waals surface area contributed by atoms with Gasteiger partial charge in [-0.25, -0.2) is 0 Å². The number of carboxylic acid groups (broad SMARTS) is 1. The van der Waals surface area contributed by atoms with Crippen LogP contribution in [-0.2, 0) is 11.2 Å². The second kappa shape index (κ2) is 6.31. The molecule has 0 spiro atoms. The van der Waals surface area contributed by atoms with Gasteiger partial charge in [-0.2, -0.15) is 0 Å². The maximum absolute atomic E-state index is 11.1. The van der Waals surface area contributed by atoms with Gasteiger partial charge < -0.3 is 10.8 Å². The minimum atomic E-state index is -0.931. The molecule has 4 nitrogen and oxygen atoms in total. The number of carbonyl (C=O) groups is 2. The highest BCUT2D eigenvalue weighted by molar-refractivity contribution is 6.00. The van der Waals surface area contributed by atoms with Crippen LogP contribution in [0.5, 0.6) is 0 Å². The van der Waals surface area contributed by atoms with Crippen molar-refractivity contribution >= 4 is 11.8 Å². The Morgan fingerprint density at radius 2 is 1.89 bits per heavy atom. The zero-order valence-electron chi connectivity index (χ0n) is 10.7. The van der Waals surface area contributed by atoms with Gasteiger partial charge in [-0.15, -0.1) is 0 Å². The highest BCUT2D eigenvalue weighted by Crippen LogP contribution is 2.20. The Morgan fingerprint density at radius 3 is 2.33 bits per heavy atom. The minimum absolute atomic E-state index is 0.0208. The first-order valence-electron chi connectivity index (χ1n) is 6.03. The van der Waals surface area contributed by atoms with Crippen LogP contribution in [0, 0.1) is 5.92 Å². The average molecular weight is 249 g/mol. The molecular weight excluding hydrogens is 230 g/mol. The van der Waals surface area contributed by atoms with E-state index in [4.69, 9.17) is 10.8 Å². The lowest BCUT2D eigenvalue weighted by Gasteiger charge is -2.07. The minimum Gasteiger partial charge on any atom is -0.480 e. The third-order valence-electron chi connectivity index (χ3n) is 2.94. The fraction of sp³-hybridized carbons (Fsp3) is 0.429. The predicted octanol–water partition coefficient (Wildman–Crippen LogP) is 1.87. The molecule has 1 atom stereocenters. The van der Waals surface area contributed by atoms with Gasteiger partial charge in [-0.3, -0.25) is 9.59 Å². The van der Waals surface area contributed by atoms with Crippen molar-refractivity contribution in [3.05, 3.63) is 35.4 Å². The van der Waals surface area contributed by atoms with Crippen LogP contribution in [0.25, 0.3) is 0 Å². The van der Waals surface area contributed by atoms with Gasteiger partial charge in [0.15, 0.2) is 5.78 Å². The number of aliphatic carboxylic acids is 1. The first kappa shape index (κ1) is 14.4. The molecular formula is C14H19NO3. The van der Waals surface area contributed by atoms with Crippen LogP contribution in [0.1, 0.15) is 36.2 Å². The lowest BCUT2D eigenvalue weighted by atomic mass is 10.1. The van der Waals surface area contributed by atoms with E-state index in [1.165, 1.54) is 5.56 Å². The summed E-state index contributed by atoms with van der Waals surface area (Å²) in [5.41, 5.74) is 7.31. The van der Waals surface area contributed by atoms with E-state index in [0.717, 1.165) is 12.0 Å². The van der Waals surface area contributed by atoms with E-state index in [1.807, 2.05) is 24.3 Å². The first-order valence-corrected chi connectivity index (χ1v) is 6.03. The zero-order chi connectivity index (χ0) is 13.7. The summed E-state index contributed by atoms with van der Waals surface area (Å²) in [5, 5.41) is 8.23. The van der Waals surface area contributed by atoms with Gasteiger partial charge >= 0.3 is 5.97 Å². The quantitative estimate of drug-likeness (QED) is 0.838. The fourth-order valence-corrected chi connectivity index (χ4v) is 1.68. The van der Waals surface area contributed by atoms with E-state index in [9.17, 15) is 9.59 Å². The van der Waals surface area contributed by atoms with Gasteiger partial charge in [0.05, 0.1) is 0 Å². The molecule has 98 valence electrons. The predicted molar refractivity (Wildman–Crippen MR) is 69.5 cm³/mol. The van der Waals surface area contributed by atoms with Gasteiger partial charge in [0, 0.05) is 12.0 Å². The molecule has 0 radical (unpaired) electrons. The SMILES string of the molecule is CC(C)[C@H](N)C(=O)O.O=C1CCc2ccccc21. The number of carboxylic acids is 1. The van der Waals surface area contributed by atoms with E-state index in [-0.39, 0.29) is 5.92 Å². The molecule has 0 heterocycles. The molecule has 0 amide bonds. The number of rotatable bonds is 2. The van der Waals surface area contributed by atoms with Crippen molar-refractivity contribution in [2.45, 2.75) is 32.7 Å². The van der Waals surface area contributed by atoms with Crippen LogP contribution in [-0.4, -0.2) is 22.9 Å². The molecule has 2 rings (SSSR count). The zero-order valence-corrected chi connectivity index (χ0v) is 10.7. The number of ketones is 1. The van der Waals surface area contributed by atoms with Crippen molar-refractivity contribution in [1.29, 1.82) is 0 Å². The number of nitrogens with two attached hydrogens (primary N) is 1. The monoisotopic (exact) mass is 249 g/mol. The molecule has 3 N–H and O–H groups in total. The average Bonchev–Trinajstić information content (AvgIpc) is 2.71. The molecule has 0 fully saturated rings. The molecule has 0 aliphatic heterocycles. The topological polar surface area (TPSA) is 80.4 Å². The van der Waals surface area contributed by atoms with E-state index in [2.05, 4.69) is 0 Å². The van der Waals surface area contributed by atoms with Crippen molar-refractivity contribution in [1.82, 2.24) is 0 Å². The molecule has 18 heavy (non-hydrogen) atoms. The van der Waals surface area contributed by atoms with Crippen LogP contribution in [0.2, 0.25) is 0 Å². The highest BCUT2D eigenvalue weighted by Gasteiger charge is 2.17. The molecule has 0 unspecified atom stereocenters. The standard InChI is InChI=1S/C9H8O.C5H11NO2/c10-9-6-5-7-3-1-2-4-8(7)9;1-3(2)4(6)5(7)8/h1-4H,5-6H2;3-4H,6H2,1-2H3,(H,7,8)/t;4-/m.0/s1. The van der Waals surface area contributed by atoms with Crippen LogP contribution in [0.15, 0.2) is 24.3 Å². The second-order valence-corrected chi connectivity index (χ2v) is 4.69. The van der Waals surface area contributed by atoms with Crippen LogP contribution in [0.4, 0.5) is 0 Å². The Labute approximate surface area is 107 Å². The second-order valence-electron chi connectivity index (χ2n) is 4.69. The van der Waals surface area contributed by atoms with Crippen LogP contribution < -0.4 is 5.73 Å². The first-order chi connectivity index (χ1) is 8.43. The Bertz CT molecular complexity index is 440. The summed E-state index contributed by atoms with van der Waals surface area (Å²) in [5.74, 6) is -0.608. The summed E-state index contributed by atoms with van der Waals surface area (Å²) in [4.78, 5) is 21.1. The molecule has 0 saturated carbocycles. The molecule has 4 heteroatoms. The Morgan fingerprint density at radius 1 is 1.28 bits per heavy atom. The van der Waals surface area contributed by atoms with Crippen molar-refractivity contribution in [2.75, 3.05) is 0 Å². The normalized spacial score (nSPS) is 14.8. The van der Waals surface area contributed by atoms with Gasteiger partial charge in [0.2, 0.25) is 0 Å². The van der Waals surface area contributed by atoms with Gasteiger partial charge in [-0.1, -0.05) is 38.1 Å². The summed E-state index contributed by atoms with van der Waals surface area (Å²) >= 11 is 0. The fourth-order valence-electron chi connectivity index (χ4n) is 1.68. The largest absolute Gasteiger partial charge is 0.480 e. The van der Waals surface area contributed by atoms with Crippen molar-refractivity contribution in [3.8, 4) is 0 Å². The van der Waals surface area contributed by atoms with E-state index in [1.54, 1.807) is 13.8 Å². The molecule has 1 aliphatic carbocycles. The number of hydrogen-bond acceptors (Lipinski definition) is 3.